The first-order valence-electron chi connectivity index (χ1n) is 9.30. The molecule has 0 radical (unpaired) electrons. The summed E-state index contributed by atoms with van der Waals surface area (Å²) in [5, 5.41) is 0.798. The highest BCUT2D eigenvalue weighted by Gasteiger charge is 2.49. The Morgan fingerprint density at radius 1 is 1.04 bits per heavy atom. The van der Waals surface area contributed by atoms with Gasteiger partial charge in [-0.25, -0.2) is 0 Å². The van der Waals surface area contributed by atoms with Crippen molar-refractivity contribution in [3.8, 4) is 11.5 Å². The van der Waals surface area contributed by atoms with Crippen molar-refractivity contribution in [1.82, 2.24) is 4.90 Å². The molecular weight excluding hydrogens is 426 g/mol. The molecule has 1 heterocycles. The minimum Gasteiger partial charge on any atom is -0.493 e. The summed E-state index contributed by atoms with van der Waals surface area (Å²) in [5.41, 5.74) is 4.30. The SMILES string of the molecule is Br.COc1cc2c(cc1OC)C(C1(c3ccc(Cl)cc3)CCC1)N(C)CC2. The molecule has 1 unspecified atom stereocenters. The second-order valence-electron chi connectivity index (χ2n) is 7.56. The summed E-state index contributed by atoms with van der Waals surface area (Å²) in [6.45, 7) is 1.06. The van der Waals surface area contributed by atoms with Crippen molar-refractivity contribution < 1.29 is 9.47 Å². The molecule has 5 heteroatoms. The summed E-state index contributed by atoms with van der Waals surface area (Å²) >= 11 is 6.15. The van der Waals surface area contributed by atoms with Crippen LogP contribution in [0, 0.1) is 0 Å². The molecule has 4 rings (SSSR count). The number of likely N-dealkylation sites (N-methyl/N-ethyl adjacent to an activating group) is 1. The Morgan fingerprint density at radius 3 is 2.22 bits per heavy atom. The van der Waals surface area contributed by atoms with Crippen LogP contribution in [0.4, 0.5) is 0 Å². The van der Waals surface area contributed by atoms with Crippen LogP contribution >= 0.6 is 28.6 Å². The molecule has 3 nitrogen and oxygen atoms in total. The maximum atomic E-state index is 6.15. The van der Waals surface area contributed by atoms with Crippen LogP contribution in [0.3, 0.4) is 0 Å². The van der Waals surface area contributed by atoms with E-state index in [1.54, 1.807) is 14.2 Å². The molecular formula is C22H27BrClNO2. The lowest BCUT2D eigenvalue weighted by Crippen LogP contribution is -2.49. The summed E-state index contributed by atoms with van der Waals surface area (Å²) in [6, 6.07) is 13.2. The van der Waals surface area contributed by atoms with Gasteiger partial charge in [-0.15, -0.1) is 17.0 Å². The highest BCUT2D eigenvalue weighted by molar-refractivity contribution is 8.93. The average molecular weight is 453 g/mol. The van der Waals surface area contributed by atoms with Crippen molar-refractivity contribution in [2.45, 2.75) is 37.1 Å². The Labute approximate surface area is 177 Å². The minimum atomic E-state index is 0. The first kappa shape index (κ1) is 20.5. The third-order valence-corrected chi connectivity index (χ3v) is 6.55. The first-order valence-corrected chi connectivity index (χ1v) is 9.68. The normalized spacial score (nSPS) is 20.8. The Balaban J connectivity index is 0.00000210. The van der Waals surface area contributed by atoms with Gasteiger partial charge in [-0.3, -0.25) is 4.90 Å². The zero-order valence-electron chi connectivity index (χ0n) is 16.1. The number of hydrogen-bond acceptors (Lipinski definition) is 3. The summed E-state index contributed by atoms with van der Waals surface area (Å²) in [5.74, 6) is 1.64. The van der Waals surface area contributed by atoms with Gasteiger partial charge in [0.25, 0.3) is 0 Å². The van der Waals surface area contributed by atoms with E-state index in [1.807, 2.05) is 12.1 Å². The van der Waals surface area contributed by atoms with Crippen molar-refractivity contribution in [1.29, 1.82) is 0 Å². The fourth-order valence-corrected chi connectivity index (χ4v) is 4.98. The van der Waals surface area contributed by atoms with Crippen molar-refractivity contribution in [2.24, 2.45) is 0 Å². The van der Waals surface area contributed by atoms with Gasteiger partial charge < -0.3 is 9.47 Å². The zero-order chi connectivity index (χ0) is 18.3. The molecule has 0 spiro atoms. The van der Waals surface area contributed by atoms with Gasteiger partial charge in [0, 0.05) is 23.0 Å². The molecule has 0 N–H and O–H groups in total. The predicted molar refractivity (Wildman–Crippen MR) is 116 cm³/mol. The molecule has 1 fully saturated rings. The van der Waals surface area contributed by atoms with Crippen LogP contribution in [-0.4, -0.2) is 32.7 Å². The predicted octanol–water partition coefficient (Wildman–Crippen LogP) is 5.59. The number of benzene rings is 2. The average Bonchev–Trinajstić information content (AvgIpc) is 2.62. The maximum absolute atomic E-state index is 6.15. The second kappa shape index (κ2) is 8.02. The van der Waals surface area contributed by atoms with Crippen LogP contribution in [0.25, 0.3) is 0 Å². The number of methoxy groups -OCH3 is 2. The lowest BCUT2D eigenvalue weighted by molar-refractivity contribution is 0.0715. The number of hydrogen-bond donors (Lipinski definition) is 0. The Morgan fingerprint density at radius 2 is 1.67 bits per heavy atom. The lowest BCUT2D eigenvalue weighted by Gasteiger charge is -2.53. The van der Waals surface area contributed by atoms with Gasteiger partial charge in [0.15, 0.2) is 11.5 Å². The first-order chi connectivity index (χ1) is 12.6. The molecule has 1 aliphatic heterocycles. The van der Waals surface area contributed by atoms with Gasteiger partial charge in [0.05, 0.1) is 14.2 Å². The molecule has 27 heavy (non-hydrogen) atoms. The van der Waals surface area contributed by atoms with Gasteiger partial charge in [0.1, 0.15) is 0 Å². The van der Waals surface area contributed by atoms with Crippen LogP contribution in [0.1, 0.15) is 42.0 Å². The number of fused-ring (bicyclic) bond motifs is 1. The number of rotatable bonds is 4. The van der Waals surface area contributed by atoms with Gasteiger partial charge in [-0.1, -0.05) is 30.2 Å². The Kier molecular flexibility index (Phi) is 6.09. The molecule has 0 saturated heterocycles. The van der Waals surface area contributed by atoms with E-state index in [0.717, 1.165) is 29.5 Å². The second-order valence-corrected chi connectivity index (χ2v) is 7.99. The third kappa shape index (κ3) is 3.37. The summed E-state index contributed by atoms with van der Waals surface area (Å²) < 4.78 is 11.1. The van der Waals surface area contributed by atoms with Crippen LogP contribution in [0.5, 0.6) is 11.5 Å². The molecule has 2 aromatic carbocycles. The monoisotopic (exact) mass is 451 g/mol. The van der Waals surface area contributed by atoms with Crippen LogP contribution < -0.4 is 9.47 Å². The van der Waals surface area contributed by atoms with E-state index >= 15 is 0 Å². The smallest absolute Gasteiger partial charge is 0.161 e. The van der Waals surface area contributed by atoms with Gasteiger partial charge in [-0.05, 0) is 67.3 Å². The third-order valence-electron chi connectivity index (χ3n) is 6.30. The Hall–Kier alpha value is -1.23. The van der Waals surface area contributed by atoms with Crippen molar-refractivity contribution in [3.05, 3.63) is 58.1 Å². The van der Waals surface area contributed by atoms with Gasteiger partial charge >= 0.3 is 0 Å². The van der Waals surface area contributed by atoms with Crippen LogP contribution in [-0.2, 0) is 11.8 Å². The summed E-state index contributed by atoms with van der Waals surface area (Å²) in [6.07, 6.45) is 4.73. The van der Waals surface area contributed by atoms with Crippen molar-refractivity contribution in [2.75, 3.05) is 27.8 Å². The number of halogens is 2. The molecule has 0 aromatic heterocycles. The van der Waals surface area contributed by atoms with E-state index in [0.29, 0.717) is 6.04 Å². The quantitative estimate of drug-likeness (QED) is 0.604. The molecule has 1 atom stereocenters. The molecule has 146 valence electrons. The van der Waals surface area contributed by atoms with Crippen molar-refractivity contribution in [3.63, 3.8) is 0 Å². The minimum absolute atomic E-state index is 0. The standard InChI is InChI=1S/C22H26ClNO2.BrH/c1-24-12-9-15-13-19(25-2)20(26-3)14-18(15)21(24)22(10-4-11-22)16-5-7-17(23)8-6-16;/h5-8,13-14,21H,4,9-12H2,1-3H3;1H. The topological polar surface area (TPSA) is 21.7 Å². The summed E-state index contributed by atoms with van der Waals surface area (Å²) in [7, 11) is 5.67. The molecule has 0 amide bonds. The molecule has 0 bridgehead atoms. The van der Waals surface area contributed by atoms with Crippen molar-refractivity contribution >= 4 is 28.6 Å². The van der Waals surface area contributed by atoms with Crippen LogP contribution in [0.15, 0.2) is 36.4 Å². The highest BCUT2D eigenvalue weighted by atomic mass is 79.9. The van der Waals surface area contributed by atoms with E-state index in [-0.39, 0.29) is 22.4 Å². The zero-order valence-corrected chi connectivity index (χ0v) is 18.6. The van der Waals surface area contributed by atoms with Gasteiger partial charge in [-0.2, -0.15) is 0 Å². The van der Waals surface area contributed by atoms with E-state index in [1.165, 1.54) is 36.0 Å². The van der Waals surface area contributed by atoms with E-state index in [9.17, 15) is 0 Å². The molecule has 2 aromatic rings. The van der Waals surface area contributed by atoms with Gasteiger partial charge in [0.2, 0.25) is 0 Å². The molecule has 1 saturated carbocycles. The maximum Gasteiger partial charge on any atom is 0.161 e. The lowest BCUT2D eigenvalue weighted by atomic mass is 9.57. The molecule has 1 aliphatic carbocycles. The number of nitrogens with zero attached hydrogens (tertiary/aromatic N) is 1. The van der Waals surface area contributed by atoms with E-state index in [2.05, 4.69) is 36.2 Å². The molecule has 2 aliphatic rings. The largest absolute Gasteiger partial charge is 0.493 e. The number of ether oxygens (including phenoxy) is 2. The van der Waals surface area contributed by atoms with E-state index < -0.39 is 0 Å². The fourth-order valence-electron chi connectivity index (χ4n) is 4.85. The summed E-state index contributed by atoms with van der Waals surface area (Å²) in [4.78, 5) is 2.52. The van der Waals surface area contributed by atoms with E-state index in [4.69, 9.17) is 21.1 Å². The Bertz CT molecular complexity index is 805. The van der Waals surface area contributed by atoms with Crippen LogP contribution in [0.2, 0.25) is 5.02 Å². The highest BCUT2D eigenvalue weighted by Crippen LogP contribution is 2.56. The fraction of sp³-hybridized carbons (Fsp3) is 0.455.